The van der Waals surface area contributed by atoms with Crippen molar-refractivity contribution in [2.75, 3.05) is 32.7 Å². The van der Waals surface area contributed by atoms with E-state index in [0.29, 0.717) is 19.3 Å². The average molecular weight is 536 g/mol. The van der Waals surface area contributed by atoms with Crippen molar-refractivity contribution < 1.29 is 54.1 Å². The predicted molar refractivity (Wildman–Crippen MR) is 143 cm³/mol. The van der Waals surface area contributed by atoms with Crippen molar-refractivity contribution in [2.24, 2.45) is 5.92 Å². The summed E-state index contributed by atoms with van der Waals surface area (Å²) < 4.78 is 10.7. The van der Waals surface area contributed by atoms with Crippen LogP contribution in [0.25, 0.3) is 0 Å². The van der Waals surface area contributed by atoms with E-state index in [1.165, 1.54) is 6.42 Å². The fourth-order valence-electron chi connectivity index (χ4n) is 4.26. The van der Waals surface area contributed by atoms with E-state index >= 15 is 0 Å². The normalized spacial score (nSPS) is 19.2. The molecule has 2 amide bonds. The Kier molecular flexibility index (Phi) is 17.0. The van der Waals surface area contributed by atoms with Gasteiger partial charge >= 0.3 is 41.7 Å². The first-order valence-electron chi connectivity index (χ1n) is 13.2. The molecular weight excluding hydrogens is 493 g/mol. The standard InChI is InChI=1S/C15H21NO2.C14H20N2O2.Na.H2O/c1-13-6-5-10-16(11-9-13)15(17)18-12-14-7-3-2-4-8-14;1-12-7-9-16(10-8-15-12)14(17)18-11-13-5-3-2-4-6-13;;/h2-4,7-8,13H,5-6,9-12H2,1H3;2-6,12,15H,7-11H2,1H3;;1H2/q;;+1;/p-1/t13-;12-;;/m01../s1. The Morgan fingerprint density at radius 3 is 1.82 bits per heavy atom. The number of carbonyl (C=O) groups is 2. The van der Waals surface area contributed by atoms with Crippen LogP contribution in [-0.4, -0.2) is 66.2 Å². The molecule has 2 fully saturated rings. The third-order valence-electron chi connectivity index (χ3n) is 6.65. The molecule has 0 aromatic heterocycles. The molecule has 0 bridgehead atoms. The van der Waals surface area contributed by atoms with Crippen molar-refractivity contribution in [2.45, 2.75) is 58.8 Å². The Labute approximate surface area is 249 Å². The monoisotopic (exact) mass is 535 g/mol. The third-order valence-corrected chi connectivity index (χ3v) is 6.65. The molecule has 0 unspecified atom stereocenters. The fourth-order valence-corrected chi connectivity index (χ4v) is 4.26. The summed E-state index contributed by atoms with van der Waals surface area (Å²) in [6.07, 6.45) is 3.97. The number of hydrogen-bond acceptors (Lipinski definition) is 6. The summed E-state index contributed by atoms with van der Waals surface area (Å²) in [5.41, 5.74) is 2.06. The minimum absolute atomic E-state index is 0. The molecule has 0 radical (unpaired) electrons. The van der Waals surface area contributed by atoms with Crippen molar-refractivity contribution in [3.8, 4) is 0 Å². The van der Waals surface area contributed by atoms with Gasteiger partial charge in [0.05, 0.1) is 0 Å². The second-order valence-electron chi connectivity index (χ2n) is 9.73. The second-order valence-corrected chi connectivity index (χ2v) is 9.73. The zero-order chi connectivity index (χ0) is 25.6. The number of nitrogens with zero attached hydrogens (tertiary/aromatic N) is 2. The molecule has 0 saturated carbocycles. The van der Waals surface area contributed by atoms with E-state index in [9.17, 15) is 9.59 Å². The maximum Gasteiger partial charge on any atom is 1.00 e. The molecular formula is C29H42N3NaO5. The zero-order valence-electron chi connectivity index (χ0n) is 23.2. The molecule has 2 atom stereocenters. The predicted octanol–water partition coefficient (Wildman–Crippen LogP) is 2.28. The van der Waals surface area contributed by atoms with Crippen LogP contribution in [0.1, 0.15) is 50.7 Å². The van der Waals surface area contributed by atoms with Gasteiger partial charge in [-0.15, -0.1) is 0 Å². The van der Waals surface area contributed by atoms with E-state index in [0.717, 1.165) is 69.0 Å². The molecule has 204 valence electrons. The van der Waals surface area contributed by atoms with E-state index in [-0.39, 0.29) is 47.2 Å². The minimum atomic E-state index is -0.213. The number of benzene rings is 2. The van der Waals surface area contributed by atoms with Crippen LogP contribution in [0.5, 0.6) is 0 Å². The number of nitrogens with one attached hydrogen (secondary N) is 1. The van der Waals surface area contributed by atoms with Gasteiger partial charge in [0.2, 0.25) is 0 Å². The largest absolute Gasteiger partial charge is 1.00 e. The zero-order valence-corrected chi connectivity index (χ0v) is 25.2. The van der Waals surface area contributed by atoms with E-state index in [2.05, 4.69) is 19.2 Å². The molecule has 8 nitrogen and oxygen atoms in total. The topological polar surface area (TPSA) is 101 Å². The van der Waals surface area contributed by atoms with Crippen molar-refractivity contribution in [3.63, 3.8) is 0 Å². The molecule has 9 heteroatoms. The molecule has 2 aromatic rings. The molecule has 38 heavy (non-hydrogen) atoms. The first kappa shape index (κ1) is 33.9. The SMILES string of the molecule is C[C@@H]1CCN(C(=O)OCc2ccccc2)CCN1.C[C@H]1CCCN(C(=O)OCc2ccccc2)CC1.[Na+].[OH-]. The van der Waals surface area contributed by atoms with Crippen molar-refractivity contribution in [1.29, 1.82) is 0 Å². The van der Waals surface area contributed by atoms with Gasteiger partial charge in [0.25, 0.3) is 0 Å². The summed E-state index contributed by atoms with van der Waals surface area (Å²) in [7, 11) is 0. The fraction of sp³-hybridized carbons (Fsp3) is 0.517. The Hall–Kier alpha value is -2.10. The number of likely N-dealkylation sites (tertiary alicyclic amines) is 1. The van der Waals surface area contributed by atoms with Crippen LogP contribution in [0.2, 0.25) is 0 Å². The van der Waals surface area contributed by atoms with Gasteiger partial charge < -0.3 is 30.1 Å². The Morgan fingerprint density at radius 2 is 1.26 bits per heavy atom. The third kappa shape index (κ3) is 12.6. The molecule has 0 aliphatic carbocycles. The van der Waals surface area contributed by atoms with E-state index in [1.54, 1.807) is 4.90 Å². The summed E-state index contributed by atoms with van der Waals surface area (Å²) in [5.74, 6) is 0.719. The maximum atomic E-state index is 11.9. The van der Waals surface area contributed by atoms with Gasteiger partial charge in [0.15, 0.2) is 0 Å². The minimum Gasteiger partial charge on any atom is -0.870 e. The molecule has 2 aliphatic heterocycles. The van der Waals surface area contributed by atoms with Crippen molar-refractivity contribution >= 4 is 12.2 Å². The van der Waals surface area contributed by atoms with Gasteiger partial charge in [0, 0.05) is 38.8 Å². The van der Waals surface area contributed by atoms with Gasteiger partial charge in [0.1, 0.15) is 13.2 Å². The summed E-state index contributed by atoms with van der Waals surface area (Å²) >= 11 is 0. The average Bonchev–Trinajstić information content (AvgIpc) is 3.27. The number of amides is 2. The Balaban J connectivity index is 0.000000361. The molecule has 2 heterocycles. The number of hydrogen-bond donors (Lipinski definition) is 1. The molecule has 0 spiro atoms. The first-order chi connectivity index (χ1) is 17.5. The number of carbonyl (C=O) groups excluding carboxylic acids is 2. The quantitative estimate of drug-likeness (QED) is 0.603. The van der Waals surface area contributed by atoms with Crippen LogP contribution in [0.15, 0.2) is 60.7 Å². The van der Waals surface area contributed by atoms with Crippen molar-refractivity contribution in [3.05, 3.63) is 71.8 Å². The van der Waals surface area contributed by atoms with E-state index in [4.69, 9.17) is 9.47 Å². The van der Waals surface area contributed by atoms with Gasteiger partial charge in [-0.2, -0.15) is 0 Å². The van der Waals surface area contributed by atoms with Gasteiger partial charge in [-0.05, 0) is 49.7 Å². The van der Waals surface area contributed by atoms with Crippen LogP contribution in [0.3, 0.4) is 0 Å². The Morgan fingerprint density at radius 1 is 0.763 bits per heavy atom. The second kappa shape index (κ2) is 19.0. The number of rotatable bonds is 4. The first-order valence-corrected chi connectivity index (χ1v) is 13.2. The summed E-state index contributed by atoms with van der Waals surface area (Å²) in [6.45, 7) is 9.08. The maximum absolute atomic E-state index is 11.9. The molecule has 2 aromatic carbocycles. The van der Waals surface area contributed by atoms with Crippen LogP contribution in [0, 0.1) is 5.92 Å². The van der Waals surface area contributed by atoms with E-state index < -0.39 is 0 Å². The van der Waals surface area contributed by atoms with Crippen LogP contribution in [0.4, 0.5) is 9.59 Å². The molecule has 2 aliphatic rings. The molecule has 4 rings (SSSR count). The van der Waals surface area contributed by atoms with Gasteiger partial charge in [-0.3, -0.25) is 0 Å². The summed E-state index contributed by atoms with van der Waals surface area (Å²) in [5, 5.41) is 3.35. The summed E-state index contributed by atoms with van der Waals surface area (Å²) in [4.78, 5) is 27.5. The van der Waals surface area contributed by atoms with Crippen molar-refractivity contribution in [1.82, 2.24) is 15.1 Å². The van der Waals surface area contributed by atoms with Gasteiger partial charge in [-0.1, -0.05) is 67.6 Å². The van der Waals surface area contributed by atoms with Crippen LogP contribution < -0.4 is 34.9 Å². The van der Waals surface area contributed by atoms with Crippen LogP contribution >= 0.6 is 0 Å². The Bertz CT molecular complexity index is 843. The van der Waals surface area contributed by atoms with E-state index in [1.807, 2.05) is 65.6 Å². The van der Waals surface area contributed by atoms with Gasteiger partial charge in [-0.25, -0.2) is 9.59 Å². The smallest absolute Gasteiger partial charge is 0.870 e. The molecule has 2 N–H and O–H groups in total. The summed E-state index contributed by atoms with van der Waals surface area (Å²) in [6, 6.07) is 20.0. The van der Waals surface area contributed by atoms with Crippen LogP contribution in [-0.2, 0) is 22.7 Å². The number of ether oxygens (including phenoxy) is 2. The molecule has 2 saturated heterocycles.